The molecule has 2 aromatic carbocycles. The van der Waals surface area contributed by atoms with Gasteiger partial charge in [-0.2, -0.15) is 0 Å². The molecule has 0 atom stereocenters. The molecule has 0 saturated heterocycles. The lowest BCUT2D eigenvalue weighted by molar-refractivity contribution is -0.133. The summed E-state index contributed by atoms with van der Waals surface area (Å²) in [5.74, 6) is -0.0755. The first-order valence-electron chi connectivity index (χ1n) is 11.0. The van der Waals surface area contributed by atoms with E-state index in [0.717, 1.165) is 28.1 Å². The van der Waals surface area contributed by atoms with Crippen LogP contribution in [0.4, 0.5) is 10.5 Å². The van der Waals surface area contributed by atoms with Gasteiger partial charge >= 0.3 is 6.03 Å². The molecule has 0 unspecified atom stereocenters. The maximum absolute atomic E-state index is 13.4. The van der Waals surface area contributed by atoms with Crippen molar-refractivity contribution in [2.24, 2.45) is 0 Å². The molecule has 0 fully saturated rings. The summed E-state index contributed by atoms with van der Waals surface area (Å²) in [4.78, 5) is 30.9. The minimum absolute atomic E-state index is 0.0230. The van der Waals surface area contributed by atoms with E-state index in [2.05, 4.69) is 12.2 Å². The number of amides is 3. The maximum atomic E-state index is 13.4. The van der Waals surface area contributed by atoms with Gasteiger partial charge in [-0.1, -0.05) is 55.5 Å². The van der Waals surface area contributed by atoms with Gasteiger partial charge in [0.2, 0.25) is 5.91 Å². The third kappa shape index (κ3) is 6.69. The summed E-state index contributed by atoms with van der Waals surface area (Å²) in [6.45, 7) is 6.98. The fourth-order valence-electron chi connectivity index (χ4n) is 3.43. The van der Waals surface area contributed by atoms with Gasteiger partial charge in [0.15, 0.2) is 0 Å². The summed E-state index contributed by atoms with van der Waals surface area (Å²) in [6, 6.07) is 21.4. The van der Waals surface area contributed by atoms with Crippen molar-refractivity contribution in [1.82, 2.24) is 9.80 Å². The van der Waals surface area contributed by atoms with Crippen molar-refractivity contribution in [3.63, 3.8) is 0 Å². The van der Waals surface area contributed by atoms with Gasteiger partial charge in [-0.3, -0.25) is 4.79 Å². The van der Waals surface area contributed by atoms with Gasteiger partial charge in [-0.05, 0) is 55.0 Å². The van der Waals surface area contributed by atoms with Crippen molar-refractivity contribution in [2.45, 2.75) is 46.3 Å². The van der Waals surface area contributed by atoms with E-state index in [4.69, 9.17) is 0 Å². The Labute approximate surface area is 194 Å². The van der Waals surface area contributed by atoms with Gasteiger partial charge in [0.25, 0.3) is 0 Å². The van der Waals surface area contributed by atoms with Crippen LogP contribution in [0.15, 0.2) is 72.1 Å². The summed E-state index contributed by atoms with van der Waals surface area (Å²) < 4.78 is 0. The van der Waals surface area contributed by atoms with Crippen LogP contribution in [0.3, 0.4) is 0 Å². The van der Waals surface area contributed by atoms with E-state index in [-0.39, 0.29) is 24.5 Å². The molecule has 0 aliphatic heterocycles. The average Bonchev–Trinajstić information content (AvgIpc) is 3.30. The molecule has 0 spiro atoms. The number of carbonyl (C=O) groups excluding carboxylic acids is 2. The van der Waals surface area contributed by atoms with E-state index in [1.807, 2.05) is 90.9 Å². The number of urea groups is 1. The smallest absolute Gasteiger partial charge is 0.322 e. The van der Waals surface area contributed by atoms with Crippen LogP contribution in [0.5, 0.6) is 0 Å². The van der Waals surface area contributed by atoms with E-state index >= 15 is 0 Å². The normalized spacial score (nSPS) is 10.8. The Balaban J connectivity index is 1.73. The Morgan fingerprint density at radius 3 is 2.34 bits per heavy atom. The quantitative estimate of drug-likeness (QED) is 0.450. The summed E-state index contributed by atoms with van der Waals surface area (Å²) in [7, 11) is 0. The Morgan fingerprint density at radius 1 is 0.938 bits per heavy atom. The van der Waals surface area contributed by atoms with Crippen molar-refractivity contribution < 1.29 is 9.59 Å². The second-order valence-corrected chi connectivity index (χ2v) is 9.05. The maximum Gasteiger partial charge on any atom is 0.322 e. The summed E-state index contributed by atoms with van der Waals surface area (Å²) in [5, 5.41) is 4.97. The van der Waals surface area contributed by atoms with Gasteiger partial charge in [-0.25, -0.2) is 4.79 Å². The number of nitrogens with zero attached hydrogens (tertiary/aromatic N) is 2. The minimum Gasteiger partial charge on any atom is -0.332 e. The molecule has 0 radical (unpaired) electrons. The number of hydrogen-bond acceptors (Lipinski definition) is 3. The number of benzene rings is 2. The van der Waals surface area contributed by atoms with E-state index in [1.54, 1.807) is 16.2 Å². The van der Waals surface area contributed by atoms with E-state index < -0.39 is 0 Å². The van der Waals surface area contributed by atoms with Crippen molar-refractivity contribution in [2.75, 3.05) is 11.9 Å². The fourth-order valence-corrected chi connectivity index (χ4v) is 4.15. The minimum atomic E-state index is -0.266. The number of thiophene rings is 1. The lowest BCUT2D eigenvalue weighted by Crippen LogP contribution is -2.47. The van der Waals surface area contributed by atoms with Crippen LogP contribution in [0.1, 0.15) is 36.8 Å². The molecule has 32 heavy (non-hydrogen) atoms. The first-order valence-corrected chi connectivity index (χ1v) is 11.8. The van der Waals surface area contributed by atoms with Crippen LogP contribution in [0.25, 0.3) is 0 Å². The average molecular weight is 450 g/mol. The molecule has 0 aliphatic carbocycles. The predicted octanol–water partition coefficient (Wildman–Crippen LogP) is 5.78. The highest BCUT2D eigenvalue weighted by Crippen LogP contribution is 2.17. The molecule has 0 saturated carbocycles. The number of nitrogens with one attached hydrogen (secondary N) is 1. The second-order valence-electron chi connectivity index (χ2n) is 8.02. The lowest BCUT2D eigenvalue weighted by atomic mass is 10.1. The molecular weight excluding hydrogens is 418 g/mol. The van der Waals surface area contributed by atoms with E-state index in [1.165, 1.54) is 0 Å². The molecular formula is C26H31N3O2S. The Hall–Kier alpha value is -3.12. The van der Waals surface area contributed by atoms with Gasteiger partial charge in [0.05, 0.1) is 6.54 Å². The zero-order valence-electron chi connectivity index (χ0n) is 19.0. The van der Waals surface area contributed by atoms with E-state index in [0.29, 0.717) is 13.1 Å². The molecule has 168 valence electrons. The summed E-state index contributed by atoms with van der Waals surface area (Å²) in [5.41, 5.74) is 2.96. The largest absolute Gasteiger partial charge is 0.332 e. The Morgan fingerprint density at radius 2 is 1.69 bits per heavy atom. The standard InChI is InChI=1S/C26H31N3O2S/c1-4-21-12-8-13-23(16-21)27-26(31)29(20(2)3)19-25(30)28(18-24-14-9-15-32-24)17-22-10-6-5-7-11-22/h5-16,20H,4,17-19H2,1-3H3,(H,27,31). The second kappa shape index (κ2) is 11.5. The highest BCUT2D eigenvalue weighted by molar-refractivity contribution is 7.09. The highest BCUT2D eigenvalue weighted by Gasteiger charge is 2.24. The van der Waals surface area contributed by atoms with Crippen LogP contribution >= 0.6 is 11.3 Å². The molecule has 6 heteroatoms. The van der Waals surface area contributed by atoms with Crippen LogP contribution in [0, 0.1) is 0 Å². The fraction of sp³-hybridized carbons (Fsp3) is 0.308. The van der Waals surface area contributed by atoms with Gasteiger partial charge < -0.3 is 15.1 Å². The number of aryl methyl sites for hydroxylation is 1. The zero-order chi connectivity index (χ0) is 22.9. The zero-order valence-corrected chi connectivity index (χ0v) is 19.8. The van der Waals surface area contributed by atoms with Crippen molar-refractivity contribution in [3.05, 3.63) is 88.1 Å². The van der Waals surface area contributed by atoms with Crippen molar-refractivity contribution >= 4 is 29.0 Å². The number of rotatable bonds is 9. The Kier molecular flexibility index (Phi) is 8.45. The third-order valence-corrected chi connectivity index (χ3v) is 6.13. The number of anilines is 1. The van der Waals surface area contributed by atoms with Crippen molar-refractivity contribution in [1.29, 1.82) is 0 Å². The molecule has 5 nitrogen and oxygen atoms in total. The SMILES string of the molecule is CCc1cccc(NC(=O)N(CC(=O)N(Cc2ccccc2)Cc2cccs2)C(C)C)c1. The first-order chi connectivity index (χ1) is 15.5. The molecule has 1 aromatic heterocycles. The molecule has 1 heterocycles. The molecule has 3 amide bonds. The molecule has 0 bridgehead atoms. The topological polar surface area (TPSA) is 52.7 Å². The monoisotopic (exact) mass is 449 g/mol. The summed E-state index contributed by atoms with van der Waals surface area (Å²) >= 11 is 1.63. The van der Waals surface area contributed by atoms with E-state index in [9.17, 15) is 9.59 Å². The highest BCUT2D eigenvalue weighted by atomic mass is 32.1. The first kappa shape index (κ1) is 23.5. The molecule has 3 rings (SSSR count). The summed E-state index contributed by atoms with van der Waals surface area (Å²) in [6.07, 6.45) is 0.896. The third-order valence-electron chi connectivity index (χ3n) is 5.27. The van der Waals surface area contributed by atoms with Crippen molar-refractivity contribution in [3.8, 4) is 0 Å². The molecule has 3 aromatic rings. The van der Waals surface area contributed by atoms with Crippen LogP contribution in [0.2, 0.25) is 0 Å². The number of carbonyl (C=O) groups is 2. The molecule has 1 N–H and O–H groups in total. The Bertz CT molecular complexity index is 1000. The van der Waals surface area contributed by atoms with Crippen LogP contribution in [-0.4, -0.2) is 34.3 Å². The molecule has 0 aliphatic rings. The van der Waals surface area contributed by atoms with Crippen LogP contribution < -0.4 is 5.32 Å². The van der Waals surface area contributed by atoms with Gasteiger partial charge in [0.1, 0.15) is 6.54 Å². The number of hydrogen-bond donors (Lipinski definition) is 1. The van der Waals surface area contributed by atoms with Gasteiger partial charge in [0, 0.05) is 23.2 Å². The lowest BCUT2D eigenvalue weighted by Gasteiger charge is -2.30. The van der Waals surface area contributed by atoms with Crippen LogP contribution in [-0.2, 0) is 24.3 Å². The predicted molar refractivity (Wildman–Crippen MR) is 132 cm³/mol. The van der Waals surface area contributed by atoms with Gasteiger partial charge in [-0.15, -0.1) is 11.3 Å².